The van der Waals surface area contributed by atoms with E-state index in [0.717, 1.165) is 23.5 Å². The molecule has 0 aromatic heterocycles. The minimum atomic E-state index is -0.728. The Morgan fingerprint density at radius 2 is 1.63 bits per heavy atom. The molecule has 0 N–H and O–H groups in total. The van der Waals surface area contributed by atoms with E-state index in [1.807, 2.05) is 0 Å². The maximum atomic E-state index is 11.8. The summed E-state index contributed by atoms with van der Waals surface area (Å²) in [6.07, 6.45) is 0. The van der Waals surface area contributed by atoms with Gasteiger partial charge in [0.05, 0.1) is 22.4 Å². The van der Waals surface area contributed by atoms with Gasteiger partial charge in [0.25, 0.3) is 0 Å². The number of rotatable bonds is 5. The van der Waals surface area contributed by atoms with E-state index in [-0.39, 0.29) is 24.6 Å². The fraction of sp³-hybridized carbons (Fsp3) is 0.417. The number of esters is 2. The van der Waals surface area contributed by atoms with Crippen molar-refractivity contribution in [2.24, 2.45) is 0 Å². The topological polar surface area (TPSA) is 69.7 Å². The highest BCUT2D eigenvalue weighted by Crippen LogP contribution is 2.46. The summed E-state index contributed by atoms with van der Waals surface area (Å²) in [6, 6.07) is 0. The molecule has 0 aromatic carbocycles. The van der Waals surface area contributed by atoms with Gasteiger partial charge in [-0.1, -0.05) is 23.5 Å². The molecule has 0 aromatic rings. The van der Waals surface area contributed by atoms with Crippen molar-refractivity contribution in [2.75, 3.05) is 13.2 Å². The Balaban J connectivity index is 3.01. The maximum Gasteiger partial charge on any atom is 0.347 e. The third-order valence-electron chi connectivity index (χ3n) is 1.99. The lowest BCUT2D eigenvalue weighted by atomic mass is 10.3. The molecule has 0 amide bonds. The lowest BCUT2D eigenvalue weighted by Crippen LogP contribution is -2.19. The van der Waals surface area contributed by atoms with Gasteiger partial charge in [-0.3, -0.25) is 4.79 Å². The molecule has 0 atom stereocenters. The summed E-state index contributed by atoms with van der Waals surface area (Å²) in [5, 5.41) is 1.61. The van der Waals surface area contributed by atoms with Crippen LogP contribution in [0.2, 0.25) is 0 Å². The van der Waals surface area contributed by atoms with Crippen molar-refractivity contribution in [1.29, 1.82) is 0 Å². The van der Waals surface area contributed by atoms with Crippen LogP contribution in [0.15, 0.2) is 20.1 Å². The first-order chi connectivity index (χ1) is 9.01. The molecule has 0 aliphatic carbocycles. The minimum Gasteiger partial charge on any atom is -0.462 e. The van der Waals surface area contributed by atoms with Crippen molar-refractivity contribution in [3.05, 3.63) is 20.1 Å². The predicted octanol–water partition coefficient (Wildman–Crippen LogP) is 2.23. The lowest BCUT2D eigenvalue weighted by Gasteiger charge is -2.08. The van der Waals surface area contributed by atoms with Crippen LogP contribution in [0.5, 0.6) is 0 Å². The Morgan fingerprint density at radius 1 is 1.11 bits per heavy atom. The van der Waals surface area contributed by atoms with Gasteiger partial charge in [-0.2, -0.15) is 0 Å². The van der Waals surface area contributed by atoms with Gasteiger partial charge in [-0.05, 0) is 26.2 Å². The maximum absolute atomic E-state index is 11.8. The summed E-state index contributed by atoms with van der Waals surface area (Å²) in [4.78, 5) is 35.4. The summed E-state index contributed by atoms with van der Waals surface area (Å²) in [6.45, 7) is 5.06. The monoisotopic (exact) mass is 302 g/mol. The summed E-state index contributed by atoms with van der Waals surface area (Å²) in [5.41, 5.74) is -0.147. The molecule has 0 fully saturated rings. The van der Waals surface area contributed by atoms with Crippen LogP contribution in [-0.4, -0.2) is 30.9 Å². The largest absolute Gasteiger partial charge is 0.462 e. The number of hydrogen-bond acceptors (Lipinski definition) is 7. The molecule has 1 heterocycles. The van der Waals surface area contributed by atoms with Crippen molar-refractivity contribution in [1.82, 2.24) is 0 Å². The Kier molecular flexibility index (Phi) is 6.17. The molecular formula is C12H14O5S2. The van der Waals surface area contributed by atoms with Gasteiger partial charge < -0.3 is 9.47 Å². The Bertz CT molecular complexity index is 445. The van der Waals surface area contributed by atoms with Crippen molar-refractivity contribution in [3.8, 4) is 0 Å². The summed E-state index contributed by atoms with van der Waals surface area (Å²) in [7, 11) is 0. The van der Waals surface area contributed by atoms with E-state index in [1.165, 1.54) is 6.92 Å². The van der Waals surface area contributed by atoms with Crippen LogP contribution in [0.3, 0.4) is 0 Å². The standard InChI is InChI=1S/C12H14O5S2/c1-4-16-10(14)9(11(15)17-5-2)12-18-6-8(19-12)7(3)13/h6H,4-5H2,1-3H3. The smallest absolute Gasteiger partial charge is 0.347 e. The van der Waals surface area contributed by atoms with E-state index in [0.29, 0.717) is 9.14 Å². The SMILES string of the molecule is CCOC(=O)C(C(=O)OCC)=C1SC=C(C(C)=O)S1. The van der Waals surface area contributed by atoms with E-state index in [1.54, 1.807) is 19.3 Å². The third kappa shape index (κ3) is 4.14. The van der Waals surface area contributed by atoms with Crippen LogP contribution < -0.4 is 0 Å². The first-order valence-electron chi connectivity index (χ1n) is 5.65. The highest BCUT2D eigenvalue weighted by atomic mass is 32.2. The summed E-state index contributed by atoms with van der Waals surface area (Å²) < 4.78 is 10.1. The number of ether oxygens (including phenoxy) is 2. The summed E-state index contributed by atoms with van der Waals surface area (Å²) in [5.74, 6) is -1.57. The molecule has 1 aliphatic rings. The van der Waals surface area contributed by atoms with Crippen LogP contribution in [0, 0.1) is 0 Å². The molecule has 1 rings (SSSR count). The molecule has 0 radical (unpaired) electrons. The second kappa shape index (κ2) is 7.40. The molecule has 1 aliphatic heterocycles. The molecule has 0 bridgehead atoms. The number of allylic oxidation sites excluding steroid dienone is 1. The molecule has 7 heteroatoms. The fourth-order valence-corrected chi connectivity index (χ4v) is 3.40. The second-order valence-electron chi connectivity index (χ2n) is 3.36. The van der Waals surface area contributed by atoms with Gasteiger partial charge in [0.1, 0.15) is 0 Å². The van der Waals surface area contributed by atoms with E-state index >= 15 is 0 Å². The van der Waals surface area contributed by atoms with Gasteiger partial charge >= 0.3 is 11.9 Å². The normalized spacial score (nSPS) is 13.8. The van der Waals surface area contributed by atoms with Gasteiger partial charge in [0, 0.05) is 0 Å². The second-order valence-corrected chi connectivity index (χ2v) is 5.55. The predicted molar refractivity (Wildman–Crippen MR) is 74.2 cm³/mol. The zero-order chi connectivity index (χ0) is 14.4. The quantitative estimate of drug-likeness (QED) is 0.334. The van der Waals surface area contributed by atoms with Gasteiger partial charge in [-0.25, -0.2) is 9.59 Å². The van der Waals surface area contributed by atoms with Crippen LogP contribution >= 0.6 is 23.5 Å². The van der Waals surface area contributed by atoms with Crippen molar-refractivity contribution in [2.45, 2.75) is 20.8 Å². The minimum absolute atomic E-state index is 0.112. The number of thioether (sulfide) groups is 2. The number of hydrogen-bond donors (Lipinski definition) is 0. The molecule has 0 spiro atoms. The Labute approximate surface area is 119 Å². The molecule has 19 heavy (non-hydrogen) atoms. The first kappa shape index (κ1) is 15.8. The molecule has 0 saturated heterocycles. The van der Waals surface area contributed by atoms with Gasteiger partial charge in [0.2, 0.25) is 0 Å². The zero-order valence-corrected chi connectivity index (χ0v) is 12.5. The Morgan fingerprint density at radius 3 is 2.00 bits per heavy atom. The average Bonchev–Trinajstić information content (AvgIpc) is 2.79. The van der Waals surface area contributed by atoms with Gasteiger partial charge in [-0.15, -0.1) is 0 Å². The molecular weight excluding hydrogens is 288 g/mol. The zero-order valence-electron chi connectivity index (χ0n) is 10.8. The molecule has 0 unspecified atom stereocenters. The van der Waals surface area contributed by atoms with Crippen LogP contribution in [0.1, 0.15) is 20.8 Å². The number of ketones is 1. The van der Waals surface area contributed by atoms with Crippen LogP contribution in [0.4, 0.5) is 0 Å². The molecule has 0 saturated carbocycles. The third-order valence-corrected chi connectivity index (χ3v) is 4.46. The van der Waals surface area contributed by atoms with E-state index in [9.17, 15) is 14.4 Å². The van der Waals surface area contributed by atoms with E-state index in [4.69, 9.17) is 9.47 Å². The van der Waals surface area contributed by atoms with Crippen molar-refractivity contribution in [3.63, 3.8) is 0 Å². The lowest BCUT2D eigenvalue weighted by molar-refractivity contribution is -0.146. The first-order valence-corrected chi connectivity index (χ1v) is 7.35. The Hall–Kier alpha value is -1.21. The van der Waals surface area contributed by atoms with Crippen LogP contribution in [0.25, 0.3) is 0 Å². The van der Waals surface area contributed by atoms with Crippen molar-refractivity contribution < 1.29 is 23.9 Å². The van der Waals surface area contributed by atoms with Gasteiger partial charge in [0.15, 0.2) is 11.4 Å². The van der Waals surface area contributed by atoms with Crippen molar-refractivity contribution >= 4 is 41.2 Å². The van der Waals surface area contributed by atoms with E-state index in [2.05, 4.69) is 0 Å². The van der Waals surface area contributed by atoms with E-state index < -0.39 is 11.9 Å². The van der Waals surface area contributed by atoms with Crippen LogP contribution in [-0.2, 0) is 23.9 Å². The number of carbonyl (C=O) groups is 3. The highest BCUT2D eigenvalue weighted by molar-refractivity contribution is 8.28. The fourth-order valence-electron chi connectivity index (χ4n) is 1.18. The molecule has 104 valence electrons. The average molecular weight is 302 g/mol. The number of Topliss-reactive ketones (excluding diaryl/α,β-unsaturated/α-hetero) is 1. The molecule has 5 nitrogen and oxygen atoms in total. The number of carbonyl (C=O) groups excluding carboxylic acids is 3. The highest BCUT2D eigenvalue weighted by Gasteiger charge is 2.30. The summed E-state index contributed by atoms with van der Waals surface area (Å²) >= 11 is 2.24.